The standard InChI is InChI=1S/C7H14N4O4P2/c12-6(14-16)10-5(11-7(13)15-17)9-4-1-2-8-3-4/h4,8H,1-3,16-17H2,(H2,9,10,11,12,13)/t4-/m0/s1. The Morgan fingerprint density at radius 2 is 1.82 bits per heavy atom. The normalized spacial score (nSPS) is 18.1. The monoisotopic (exact) mass is 280 g/mol. The molecular formula is C7H14N4O4P2. The molecule has 0 radical (unpaired) electrons. The molecule has 0 bridgehead atoms. The molecular weight excluding hydrogens is 266 g/mol. The first kappa shape index (κ1) is 14.1. The van der Waals surface area contributed by atoms with Gasteiger partial charge in [-0.25, -0.2) is 14.6 Å². The highest BCUT2D eigenvalue weighted by Crippen LogP contribution is 2.02. The number of carbonyl (C=O) groups excluding carboxylic acids is 2. The van der Waals surface area contributed by atoms with E-state index in [-0.39, 0.29) is 12.0 Å². The topological polar surface area (TPSA) is 101 Å². The number of hydrogen-bond donors (Lipinski definition) is 3. The van der Waals surface area contributed by atoms with Crippen molar-refractivity contribution in [3.05, 3.63) is 0 Å². The van der Waals surface area contributed by atoms with E-state index in [4.69, 9.17) is 0 Å². The van der Waals surface area contributed by atoms with Gasteiger partial charge < -0.3 is 14.4 Å². The van der Waals surface area contributed by atoms with Crippen molar-refractivity contribution >= 4 is 37.1 Å². The zero-order chi connectivity index (χ0) is 12.7. The lowest BCUT2D eigenvalue weighted by atomic mass is 10.3. The number of aliphatic imine (C=N–C) groups is 1. The molecule has 0 aromatic rings. The van der Waals surface area contributed by atoms with Gasteiger partial charge in [-0.3, -0.25) is 10.6 Å². The molecule has 0 aliphatic carbocycles. The van der Waals surface area contributed by atoms with E-state index in [0.29, 0.717) is 6.54 Å². The Balaban J connectivity index is 2.62. The summed E-state index contributed by atoms with van der Waals surface area (Å²) in [6.07, 6.45) is -0.661. The largest absolute Gasteiger partial charge is 0.435 e. The van der Waals surface area contributed by atoms with Crippen LogP contribution < -0.4 is 16.0 Å². The Hall–Kier alpha value is -0.970. The number of guanidine groups is 1. The van der Waals surface area contributed by atoms with E-state index in [0.717, 1.165) is 13.0 Å². The molecule has 1 aliphatic heterocycles. The number of rotatable bonds is 1. The van der Waals surface area contributed by atoms with E-state index >= 15 is 0 Å². The predicted octanol–water partition coefficient (Wildman–Crippen LogP) is -0.263. The average Bonchev–Trinajstić information content (AvgIpc) is 2.81. The molecule has 0 aromatic carbocycles. The Labute approximate surface area is 103 Å². The number of nitrogens with zero attached hydrogens (tertiary/aromatic N) is 1. The molecule has 96 valence electrons. The van der Waals surface area contributed by atoms with Gasteiger partial charge >= 0.3 is 12.2 Å². The van der Waals surface area contributed by atoms with Crippen LogP contribution in [-0.4, -0.2) is 37.3 Å². The second-order valence-electron chi connectivity index (χ2n) is 3.18. The van der Waals surface area contributed by atoms with E-state index < -0.39 is 12.2 Å². The fourth-order valence-corrected chi connectivity index (χ4v) is 1.40. The maximum atomic E-state index is 11.0. The highest BCUT2D eigenvalue weighted by atomic mass is 31.0. The van der Waals surface area contributed by atoms with Crippen LogP contribution in [0.2, 0.25) is 0 Å². The highest BCUT2D eigenvalue weighted by Gasteiger charge is 2.16. The quantitative estimate of drug-likeness (QED) is 0.349. The Kier molecular flexibility index (Phi) is 6.11. The summed E-state index contributed by atoms with van der Waals surface area (Å²) in [4.78, 5) is 26.2. The van der Waals surface area contributed by atoms with Gasteiger partial charge in [0.1, 0.15) is 0 Å². The summed E-state index contributed by atoms with van der Waals surface area (Å²) in [6, 6.07) is -0.000353. The molecule has 1 saturated heterocycles. The molecule has 17 heavy (non-hydrogen) atoms. The molecule has 2 amide bonds. The molecule has 8 nitrogen and oxygen atoms in total. The molecule has 10 heteroatoms. The van der Waals surface area contributed by atoms with E-state index in [1.165, 1.54) is 0 Å². The third-order valence-corrected chi connectivity index (χ3v) is 2.43. The van der Waals surface area contributed by atoms with E-state index in [1.54, 1.807) is 18.9 Å². The van der Waals surface area contributed by atoms with Gasteiger partial charge in [-0.05, 0) is 13.0 Å². The Morgan fingerprint density at radius 1 is 1.24 bits per heavy atom. The van der Waals surface area contributed by atoms with Gasteiger partial charge in [0.2, 0.25) is 5.96 Å². The van der Waals surface area contributed by atoms with Gasteiger partial charge in [-0.1, -0.05) is 0 Å². The van der Waals surface area contributed by atoms with Gasteiger partial charge in [0.05, 0.1) is 25.0 Å². The van der Waals surface area contributed by atoms with E-state index in [9.17, 15) is 9.59 Å². The van der Waals surface area contributed by atoms with Gasteiger partial charge in [0.15, 0.2) is 0 Å². The summed E-state index contributed by atoms with van der Waals surface area (Å²) in [7, 11) is 3.59. The van der Waals surface area contributed by atoms with E-state index in [1.807, 2.05) is 0 Å². The van der Waals surface area contributed by atoms with Crippen LogP contribution in [-0.2, 0) is 9.05 Å². The fourth-order valence-electron chi connectivity index (χ4n) is 1.28. The lowest BCUT2D eigenvalue weighted by Crippen LogP contribution is -2.44. The Morgan fingerprint density at radius 3 is 2.24 bits per heavy atom. The maximum absolute atomic E-state index is 11.0. The predicted molar refractivity (Wildman–Crippen MR) is 67.4 cm³/mol. The maximum Gasteiger partial charge on any atom is 0.416 e. The second-order valence-corrected chi connectivity index (χ2v) is 3.66. The molecule has 1 fully saturated rings. The summed E-state index contributed by atoms with van der Waals surface area (Å²) < 4.78 is 8.67. The molecule has 1 rings (SSSR count). The van der Waals surface area contributed by atoms with Crippen LogP contribution in [0.25, 0.3) is 0 Å². The molecule has 0 saturated carbocycles. The van der Waals surface area contributed by atoms with Crippen LogP contribution in [0.3, 0.4) is 0 Å². The van der Waals surface area contributed by atoms with Crippen molar-refractivity contribution in [2.45, 2.75) is 12.5 Å². The third-order valence-electron chi connectivity index (χ3n) is 2.00. The van der Waals surface area contributed by atoms with Crippen LogP contribution in [0.15, 0.2) is 4.99 Å². The minimum absolute atomic E-state index is 0.000353. The van der Waals surface area contributed by atoms with Gasteiger partial charge in [-0.15, -0.1) is 0 Å². The first-order chi connectivity index (χ1) is 8.15. The van der Waals surface area contributed by atoms with Crippen molar-refractivity contribution < 1.29 is 18.6 Å². The van der Waals surface area contributed by atoms with Gasteiger partial charge in [0.25, 0.3) is 0 Å². The molecule has 2 unspecified atom stereocenters. The van der Waals surface area contributed by atoms with Crippen LogP contribution in [0.5, 0.6) is 0 Å². The van der Waals surface area contributed by atoms with Gasteiger partial charge in [0, 0.05) is 6.54 Å². The second kappa shape index (κ2) is 7.37. The number of hydrogen-bond acceptors (Lipinski definition) is 6. The molecule has 0 aromatic heterocycles. The lowest BCUT2D eigenvalue weighted by Gasteiger charge is -2.10. The molecule has 3 N–H and O–H groups in total. The molecule has 3 atom stereocenters. The highest BCUT2D eigenvalue weighted by molar-refractivity contribution is 7.11. The minimum atomic E-state index is -0.747. The van der Waals surface area contributed by atoms with Crippen molar-refractivity contribution in [2.24, 2.45) is 4.99 Å². The third kappa shape index (κ3) is 5.26. The van der Waals surface area contributed by atoms with Crippen LogP contribution in [0, 0.1) is 0 Å². The Bertz CT molecular complexity index is 299. The summed E-state index contributed by atoms with van der Waals surface area (Å²) in [5.41, 5.74) is 0. The number of amides is 2. The smallest absolute Gasteiger partial charge is 0.416 e. The zero-order valence-electron chi connectivity index (χ0n) is 8.93. The summed E-state index contributed by atoms with van der Waals surface area (Å²) in [5, 5.41) is 7.66. The molecule has 0 spiro atoms. The fraction of sp³-hybridized carbons (Fsp3) is 0.571. The number of carbonyl (C=O) groups is 2. The van der Waals surface area contributed by atoms with Crippen LogP contribution >= 0.6 is 18.9 Å². The molecule has 1 aliphatic rings. The first-order valence-corrected chi connectivity index (χ1v) is 5.74. The van der Waals surface area contributed by atoms with Crippen molar-refractivity contribution in [2.75, 3.05) is 13.1 Å². The van der Waals surface area contributed by atoms with Crippen molar-refractivity contribution in [3.8, 4) is 0 Å². The molecule has 1 heterocycles. The van der Waals surface area contributed by atoms with E-state index in [2.05, 4.69) is 30.0 Å². The van der Waals surface area contributed by atoms with Crippen LogP contribution in [0.1, 0.15) is 6.42 Å². The number of nitrogens with one attached hydrogen (secondary N) is 3. The SMILES string of the molecule is O=C(NC(=N[C@H]1CCNC1)NC(=O)OP)OP. The average molecular weight is 280 g/mol. The van der Waals surface area contributed by atoms with Crippen LogP contribution in [0.4, 0.5) is 9.59 Å². The zero-order valence-corrected chi connectivity index (χ0v) is 11.2. The lowest BCUT2D eigenvalue weighted by molar-refractivity contribution is 0.210. The summed E-state index contributed by atoms with van der Waals surface area (Å²) >= 11 is 0. The van der Waals surface area contributed by atoms with Gasteiger partial charge in [-0.2, -0.15) is 0 Å². The summed E-state index contributed by atoms with van der Waals surface area (Å²) in [6.45, 7) is 1.54. The van der Waals surface area contributed by atoms with Crippen molar-refractivity contribution in [1.82, 2.24) is 16.0 Å². The first-order valence-electron chi connectivity index (χ1n) is 4.79. The van der Waals surface area contributed by atoms with Crippen molar-refractivity contribution in [1.29, 1.82) is 0 Å². The summed E-state index contributed by atoms with van der Waals surface area (Å²) in [5.74, 6) is -0.00130. The minimum Gasteiger partial charge on any atom is -0.435 e. The van der Waals surface area contributed by atoms with Crippen molar-refractivity contribution in [3.63, 3.8) is 0 Å².